The van der Waals surface area contributed by atoms with Crippen molar-refractivity contribution in [2.45, 2.75) is 18.9 Å². The molecular weight excluding hydrogens is 234 g/mol. The number of aromatic nitrogens is 2. The van der Waals surface area contributed by atoms with E-state index in [4.69, 9.17) is 14.6 Å². The molecule has 1 saturated heterocycles. The van der Waals surface area contributed by atoms with Crippen LogP contribution in [0.2, 0.25) is 0 Å². The number of aliphatic hydroxyl groups is 1. The highest BCUT2D eigenvalue weighted by atomic mass is 16.5. The van der Waals surface area contributed by atoms with E-state index in [9.17, 15) is 0 Å². The Bertz CT molecular complexity index is 367. The quantitative estimate of drug-likeness (QED) is 0.822. The van der Waals surface area contributed by atoms with Gasteiger partial charge in [-0.05, 0) is 12.8 Å². The Labute approximate surface area is 107 Å². The van der Waals surface area contributed by atoms with Crippen LogP contribution in [0.1, 0.15) is 12.8 Å². The number of rotatable bonds is 5. The van der Waals surface area contributed by atoms with Crippen molar-refractivity contribution in [1.29, 1.82) is 0 Å². The number of anilines is 1. The first-order chi connectivity index (χ1) is 8.83. The van der Waals surface area contributed by atoms with E-state index in [-0.39, 0.29) is 13.2 Å². The van der Waals surface area contributed by atoms with Crippen molar-refractivity contribution in [3.05, 3.63) is 12.3 Å². The van der Waals surface area contributed by atoms with Gasteiger partial charge in [-0.1, -0.05) is 0 Å². The number of hydrogen-bond donors (Lipinski definition) is 1. The van der Waals surface area contributed by atoms with Gasteiger partial charge >= 0.3 is 0 Å². The zero-order valence-corrected chi connectivity index (χ0v) is 10.6. The third kappa shape index (κ3) is 3.30. The van der Waals surface area contributed by atoms with Gasteiger partial charge in [0.05, 0.1) is 18.9 Å². The molecule has 1 N–H and O–H groups in total. The molecule has 0 atom stereocenters. The van der Waals surface area contributed by atoms with Gasteiger partial charge in [0.15, 0.2) is 5.82 Å². The minimum atomic E-state index is -0.00309. The molecule has 0 radical (unpaired) electrons. The smallest absolute Gasteiger partial charge is 0.154 e. The first kappa shape index (κ1) is 13.0. The second-order valence-corrected chi connectivity index (χ2v) is 4.24. The molecule has 1 aliphatic heterocycles. The molecule has 1 fully saturated rings. The molecule has 6 heteroatoms. The molecule has 2 rings (SSSR count). The second-order valence-electron chi connectivity index (χ2n) is 4.24. The number of piperidine rings is 1. The monoisotopic (exact) mass is 253 g/mol. The Kier molecular flexibility index (Phi) is 4.72. The molecule has 0 saturated carbocycles. The van der Waals surface area contributed by atoms with Crippen molar-refractivity contribution in [1.82, 2.24) is 10.2 Å². The molecule has 1 aromatic rings. The topological polar surface area (TPSA) is 67.7 Å². The number of methoxy groups -OCH3 is 1. The number of aliphatic hydroxyl groups excluding tert-OH is 1. The zero-order valence-electron chi connectivity index (χ0n) is 10.6. The van der Waals surface area contributed by atoms with Crippen LogP contribution in [0.5, 0.6) is 5.75 Å². The summed E-state index contributed by atoms with van der Waals surface area (Å²) in [5.74, 6) is 1.46. The van der Waals surface area contributed by atoms with E-state index in [0.29, 0.717) is 11.9 Å². The van der Waals surface area contributed by atoms with Gasteiger partial charge in [-0.2, -0.15) is 5.10 Å². The average Bonchev–Trinajstić information content (AvgIpc) is 2.45. The van der Waals surface area contributed by atoms with Gasteiger partial charge in [0.1, 0.15) is 12.4 Å². The number of hydrogen-bond acceptors (Lipinski definition) is 6. The van der Waals surface area contributed by atoms with E-state index in [1.807, 2.05) is 6.07 Å². The molecule has 0 aromatic carbocycles. The first-order valence-corrected chi connectivity index (χ1v) is 6.17. The Balaban J connectivity index is 1.96. The predicted octanol–water partition coefficient (Wildman–Crippen LogP) is 0.463. The third-order valence-corrected chi connectivity index (χ3v) is 3.08. The normalized spacial score (nSPS) is 16.9. The maximum Gasteiger partial charge on any atom is 0.154 e. The standard InChI is InChI=1S/C12H19N3O3/c1-17-10-2-4-15(5-3-10)12-8-11(9-13-14-12)18-7-6-16/h8-10,16H,2-7H2,1H3. The summed E-state index contributed by atoms with van der Waals surface area (Å²) in [4.78, 5) is 2.17. The summed E-state index contributed by atoms with van der Waals surface area (Å²) in [7, 11) is 1.75. The summed E-state index contributed by atoms with van der Waals surface area (Å²) in [6.45, 7) is 2.10. The zero-order chi connectivity index (χ0) is 12.8. The van der Waals surface area contributed by atoms with Crippen molar-refractivity contribution < 1.29 is 14.6 Å². The van der Waals surface area contributed by atoms with Crippen LogP contribution in [0.25, 0.3) is 0 Å². The predicted molar refractivity (Wildman–Crippen MR) is 66.9 cm³/mol. The van der Waals surface area contributed by atoms with Crippen molar-refractivity contribution in [3.8, 4) is 5.75 Å². The lowest BCUT2D eigenvalue weighted by molar-refractivity contribution is 0.0817. The minimum Gasteiger partial charge on any atom is -0.489 e. The summed E-state index contributed by atoms with van der Waals surface area (Å²) >= 11 is 0. The summed E-state index contributed by atoms with van der Waals surface area (Å²) < 4.78 is 10.7. The second kappa shape index (κ2) is 6.51. The molecule has 0 amide bonds. The van der Waals surface area contributed by atoms with E-state index in [1.165, 1.54) is 0 Å². The molecule has 0 aliphatic carbocycles. The molecule has 100 valence electrons. The van der Waals surface area contributed by atoms with Crippen molar-refractivity contribution in [2.75, 3.05) is 38.3 Å². The van der Waals surface area contributed by atoms with Crippen LogP contribution in [-0.4, -0.2) is 54.8 Å². The largest absolute Gasteiger partial charge is 0.489 e. The van der Waals surface area contributed by atoms with E-state index < -0.39 is 0 Å². The average molecular weight is 253 g/mol. The van der Waals surface area contributed by atoms with Crippen LogP contribution >= 0.6 is 0 Å². The Hall–Kier alpha value is -1.40. The van der Waals surface area contributed by atoms with Crippen molar-refractivity contribution in [3.63, 3.8) is 0 Å². The van der Waals surface area contributed by atoms with Crippen molar-refractivity contribution in [2.24, 2.45) is 0 Å². The van der Waals surface area contributed by atoms with Crippen LogP contribution in [0.4, 0.5) is 5.82 Å². The van der Waals surface area contributed by atoms with E-state index in [0.717, 1.165) is 31.7 Å². The highest BCUT2D eigenvalue weighted by molar-refractivity contribution is 5.42. The van der Waals surface area contributed by atoms with Crippen LogP contribution < -0.4 is 9.64 Å². The number of ether oxygens (including phenoxy) is 2. The summed E-state index contributed by atoms with van der Waals surface area (Å²) in [5, 5.41) is 16.8. The SMILES string of the molecule is COC1CCN(c2cc(OCCO)cnn2)CC1. The summed E-state index contributed by atoms with van der Waals surface area (Å²) in [6, 6.07) is 1.86. The van der Waals surface area contributed by atoms with Crippen LogP contribution in [-0.2, 0) is 4.74 Å². The molecule has 6 nitrogen and oxygen atoms in total. The van der Waals surface area contributed by atoms with Crippen molar-refractivity contribution >= 4 is 5.82 Å². The Morgan fingerprint density at radius 2 is 2.22 bits per heavy atom. The molecule has 18 heavy (non-hydrogen) atoms. The van der Waals surface area contributed by atoms with Gasteiger partial charge in [-0.25, -0.2) is 0 Å². The van der Waals surface area contributed by atoms with Crippen LogP contribution in [0.15, 0.2) is 12.3 Å². The van der Waals surface area contributed by atoms with Crippen LogP contribution in [0.3, 0.4) is 0 Å². The number of nitrogens with zero attached hydrogens (tertiary/aromatic N) is 3. The van der Waals surface area contributed by atoms with E-state index in [2.05, 4.69) is 15.1 Å². The van der Waals surface area contributed by atoms with Crippen LogP contribution in [0, 0.1) is 0 Å². The van der Waals surface area contributed by atoms with Gasteiger partial charge in [0.25, 0.3) is 0 Å². The maximum atomic E-state index is 8.72. The highest BCUT2D eigenvalue weighted by Crippen LogP contribution is 2.21. The minimum absolute atomic E-state index is 0.00309. The first-order valence-electron chi connectivity index (χ1n) is 6.17. The molecule has 2 heterocycles. The molecule has 0 unspecified atom stereocenters. The fourth-order valence-corrected chi connectivity index (χ4v) is 2.06. The van der Waals surface area contributed by atoms with Gasteiger partial charge in [-0.3, -0.25) is 0 Å². The maximum absolute atomic E-state index is 8.72. The van der Waals surface area contributed by atoms with Gasteiger partial charge in [-0.15, -0.1) is 5.10 Å². The third-order valence-electron chi connectivity index (χ3n) is 3.08. The lowest BCUT2D eigenvalue weighted by Crippen LogP contribution is -2.37. The van der Waals surface area contributed by atoms with Gasteiger partial charge in [0.2, 0.25) is 0 Å². The Morgan fingerprint density at radius 3 is 2.89 bits per heavy atom. The summed E-state index contributed by atoms with van der Waals surface area (Å²) in [6.07, 6.45) is 3.91. The Morgan fingerprint density at radius 1 is 1.44 bits per heavy atom. The van der Waals surface area contributed by atoms with E-state index >= 15 is 0 Å². The fraction of sp³-hybridized carbons (Fsp3) is 0.667. The molecular formula is C12H19N3O3. The molecule has 1 aromatic heterocycles. The molecule has 0 spiro atoms. The lowest BCUT2D eigenvalue weighted by atomic mass is 10.1. The van der Waals surface area contributed by atoms with Gasteiger partial charge < -0.3 is 19.5 Å². The van der Waals surface area contributed by atoms with E-state index in [1.54, 1.807) is 13.3 Å². The highest BCUT2D eigenvalue weighted by Gasteiger charge is 2.20. The van der Waals surface area contributed by atoms with Gasteiger partial charge in [0, 0.05) is 26.3 Å². The summed E-state index contributed by atoms with van der Waals surface area (Å²) in [5.41, 5.74) is 0. The molecule has 1 aliphatic rings. The fourth-order valence-electron chi connectivity index (χ4n) is 2.06. The lowest BCUT2D eigenvalue weighted by Gasteiger charge is -2.31. The molecule has 0 bridgehead atoms.